The standard InChI is InChI=1S/C19H20ClN3O2/c20-17-4-1-3-15(13-17)14-18(24)22-9-2-10-23(12-11-22)19(25)16-5-7-21-8-6-16/h1,3-8,13H,2,9-12,14H2. The van der Waals surface area contributed by atoms with Gasteiger partial charge in [0.15, 0.2) is 0 Å². The molecular weight excluding hydrogens is 338 g/mol. The summed E-state index contributed by atoms with van der Waals surface area (Å²) in [5, 5.41) is 0.635. The fourth-order valence-corrected chi connectivity index (χ4v) is 3.19. The lowest BCUT2D eigenvalue weighted by atomic mass is 10.1. The SMILES string of the molecule is O=C(Cc1cccc(Cl)c1)N1CCCN(C(=O)c2ccncc2)CC1. The highest BCUT2D eigenvalue weighted by molar-refractivity contribution is 6.30. The van der Waals surface area contributed by atoms with Crippen LogP contribution in [-0.2, 0) is 11.2 Å². The lowest BCUT2D eigenvalue weighted by Gasteiger charge is -2.22. The van der Waals surface area contributed by atoms with Gasteiger partial charge in [0.2, 0.25) is 5.91 Å². The summed E-state index contributed by atoms with van der Waals surface area (Å²) in [4.78, 5) is 32.7. The van der Waals surface area contributed by atoms with Crippen LogP contribution in [0.1, 0.15) is 22.3 Å². The average molecular weight is 358 g/mol. The highest BCUT2D eigenvalue weighted by Gasteiger charge is 2.22. The van der Waals surface area contributed by atoms with Crippen LogP contribution in [-0.4, -0.2) is 52.8 Å². The minimum atomic E-state index is -0.00783. The summed E-state index contributed by atoms with van der Waals surface area (Å²) in [6, 6.07) is 10.8. The second kappa shape index (κ2) is 8.12. The van der Waals surface area contributed by atoms with Gasteiger partial charge in [-0.2, -0.15) is 0 Å². The fourth-order valence-electron chi connectivity index (χ4n) is 2.98. The summed E-state index contributed by atoms with van der Waals surface area (Å²) in [6.45, 7) is 2.42. The summed E-state index contributed by atoms with van der Waals surface area (Å²) in [5.41, 5.74) is 1.54. The third-order valence-electron chi connectivity index (χ3n) is 4.31. The van der Waals surface area contributed by atoms with Crippen molar-refractivity contribution in [3.63, 3.8) is 0 Å². The van der Waals surface area contributed by atoms with E-state index in [-0.39, 0.29) is 11.8 Å². The number of benzene rings is 1. The van der Waals surface area contributed by atoms with Gasteiger partial charge in [-0.25, -0.2) is 0 Å². The molecule has 1 saturated heterocycles. The number of aromatic nitrogens is 1. The number of nitrogens with zero attached hydrogens (tertiary/aromatic N) is 3. The van der Waals surface area contributed by atoms with E-state index in [2.05, 4.69) is 4.98 Å². The lowest BCUT2D eigenvalue weighted by Crippen LogP contribution is -2.38. The fraction of sp³-hybridized carbons (Fsp3) is 0.316. The van der Waals surface area contributed by atoms with Gasteiger partial charge in [-0.3, -0.25) is 14.6 Å². The van der Waals surface area contributed by atoms with E-state index < -0.39 is 0 Å². The summed E-state index contributed by atoms with van der Waals surface area (Å²) >= 11 is 5.98. The molecule has 3 rings (SSSR count). The van der Waals surface area contributed by atoms with Crippen molar-refractivity contribution < 1.29 is 9.59 Å². The molecule has 0 N–H and O–H groups in total. The van der Waals surface area contributed by atoms with Crippen LogP contribution in [0.25, 0.3) is 0 Å². The second-order valence-electron chi connectivity index (χ2n) is 6.07. The first-order valence-electron chi connectivity index (χ1n) is 8.35. The smallest absolute Gasteiger partial charge is 0.254 e. The number of carbonyl (C=O) groups excluding carboxylic acids is 2. The van der Waals surface area contributed by atoms with Gasteiger partial charge < -0.3 is 9.80 Å². The molecule has 130 valence electrons. The minimum Gasteiger partial charge on any atom is -0.341 e. The van der Waals surface area contributed by atoms with Gasteiger partial charge in [0.05, 0.1) is 6.42 Å². The molecule has 0 spiro atoms. The first kappa shape index (κ1) is 17.4. The Balaban J connectivity index is 1.59. The third kappa shape index (κ3) is 4.57. The number of rotatable bonds is 3. The van der Waals surface area contributed by atoms with Gasteiger partial charge in [0.1, 0.15) is 0 Å². The molecule has 1 aromatic heterocycles. The summed E-state index contributed by atoms with van der Waals surface area (Å²) in [5.74, 6) is 0.0621. The molecule has 0 bridgehead atoms. The molecule has 1 aliphatic heterocycles. The van der Waals surface area contributed by atoms with Crippen molar-refractivity contribution in [1.82, 2.24) is 14.8 Å². The molecule has 0 aliphatic carbocycles. The Labute approximate surface area is 152 Å². The van der Waals surface area contributed by atoms with Gasteiger partial charge in [0.25, 0.3) is 5.91 Å². The zero-order chi connectivity index (χ0) is 17.6. The van der Waals surface area contributed by atoms with Gasteiger partial charge >= 0.3 is 0 Å². The minimum absolute atomic E-state index is 0.00783. The highest BCUT2D eigenvalue weighted by atomic mass is 35.5. The lowest BCUT2D eigenvalue weighted by molar-refractivity contribution is -0.130. The van der Waals surface area contributed by atoms with Crippen LogP contribution in [0.3, 0.4) is 0 Å². The molecule has 6 heteroatoms. The molecule has 2 aromatic rings. The van der Waals surface area contributed by atoms with E-state index in [0.29, 0.717) is 43.2 Å². The highest BCUT2D eigenvalue weighted by Crippen LogP contribution is 2.14. The Morgan fingerprint density at radius 2 is 1.72 bits per heavy atom. The monoisotopic (exact) mass is 357 g/mol. The van der Waals surface area contributed by atoms with E-state index in [1.54, 1.807) is 30.6 Å². The quantitative estimate of drug-likeness (QED) is 0.848. The largest absolute Gasteiger partial charge is 0.341 e. The Kier molecular flexibility index (Phi) is 5.66. The van der Waals surface area contributed by atoms with E-state index in [0.717, 1.165) is 12.0 Å². The summed E-state index contributed by atoms with van der Waals surface area (Å²) in [6.07, 6.45) is 4.34. The predicted molar refractivity (Wildman–Crippen MR) is 96.5 cm³/mol. The number of carbonyl (C=O) groups is 2. The number of hydrogen-bond donors (Lipinski definition) is 0. The van der Waals surface area contributed by atoms with E-state index in [9.17, 15) is 9.59 Å². The van der Waals surface area contributed by atoms with Crippen LogP contribution in [0.4, 0.5) is 0 Å². The van der Waals surface area contributed by atoms with Crippen LogP contribution >= 0.6 is 11.6 Å². The van der Waals surface area contributed by atoms with Crippen LogP contribution < -0.4 is 0 Å². The zero-order valence-corrected chi connectivity index (χ0v) is 14.7. The number of hydrogen-bond acceptors (Lipinski definition) is 3. The molecule has 0 atom stereocenters. The first-order chi connectivity index (χ1) is 12.1. The Hall–Kier alpha value is -2.40. The van der Waals surface area contributed by atoms with Crippen molar-refractivity contribution in [2.45, 2.75) is 12.8 Å². The van der Waals surface area contributed by atoms with Gasteiger partial charge in [-0.15, -0.1) is 0 Å². The van der Waals surface area contributed by atoms with E-state index in [4.69, 9.17) is 11.6 Å². The van der Waals surface area contributed by atoms with E-state index in [1.807, 2.05) is 28.0 Å². The van der Waals surface area contributed by atoms with Crippen molar-refractivity contribution in [3.05, 3.63) is 64.9 Å². The molecule has 2 amide bonds. The Bertz CT molecular complexity index is 751. The Morgan fingerprint density at radius 1 is 1.00 bits per heavy atom. The molecule has 5 nitrogen and oxygen atoms in total. The molecule has 0 radical (unpaired) electrons. The van der Waals surface area contributed by atoms with Crippen molar-refractivity contribution >= 4 is 23.4 Å². The normalized spacial score (nSPS) is 14.9. The van der Waals surface area contributed by atoms with Gasteiger partial charge in [0, 0.05) is 49.2 Å². The zero-order valence-electron chi connectivity index (χ0n) is 13.9. The Morgan fingerprint density at radius 3 is 2.48 bits per heavy atom. The van der Waals surface area contributed by atoms with Gasteiger partial charge in [-0.05, 0) is 36.2 Å². The summed E-state index contributed by atoms with van der Waals surface area (Å²) in [7, 11) is 0. The average Bonchev–Trinajstić information content (AvgIpc) is 2.88. The molecule has 0 unspecified atom stereocenters. The molecular formula is C19H20ClN3O2. The van der Waals surface area contributed by atoms with Crippen molar-refractivity contribution in [2.75, 3.05) is 26.2 Å². The molecule has 1 aliphatic rings. The van der Waals surface area contributed by atoms with Crippen molar-refractivity contribution in [1.29, 1.82) is 0 Å². The molecule has 1 fully saturated rings. The van der Waals surface area contributed by atoms with Crippen molar-refractivity contribution in [2.24, 2.45) is 0 Å². The number of halogens is 1. The van der Waals surface area contributed by atoms with Crippen LogP contribution in [0.15, 0.2) is 48.8 Å². The van der Waals surface area contributed by atoms with Crippen LogP contribution in [0, 0.1) is 0 Å². The van der Waals surface area contributed by atoms with Crippen molar-refractivity contribution in [3.8, 4) is 0 Å². The maximum absolute atomic E-state index is 12.5. The predicted octanol–water partition coefficient (Wildman–Crippen LogP) is 2.65. The topological polar surface area (TPSA) is 53.5 Å². The summed E-state index contributed by atoms with van der Waals surface area (Å²) < 4.78 is 0. The molecule has 1 aromatic carbocycles. The maximum atomic E-state index is 12.5. The van der Waals surface area contributed by atoms with E-state index >= 15 is 0 Å². The molecule has 2 heterocycles. The van der Waals surface area contributed by atoms with E-state index in [1.165, 1.54) is 0 Å². The number of amides is 2. The van der Waals surface area contributed by atoms with Crippen LogP contribution in [0.2, 0.25) is 5.02 Å². The van der Waals surface area contributed by atoms with Gasteiger partial charge in [-0.1, -0.05) is 23.7 Å². The number of pyridine rings is 1. The van der Waals surface area contributed by atoms with Crippen LogP contribution in [0.5, 0.6) is 0 Å². The third-order valence-corrected chi connectivity index (χ3v) is 4.54. The second-order valence-corrected chi connectivity index (χ2v) is 6.51. The maximum Gasteiger partial charge on any atom is 0.254 e. The molecule has 0 saturated carbocycles. The molecule has 25 heavy (non-hydrogen) atoms. The first-order valence-corrected chi connectivity index (χ1v) is 8.73.